The third-order valence-electron chi connectivity index (χ3n) is 5.19. The number of carbonyl (C=O) groups is 1. The summed E-state index contributed by atoms with van der Waals surface area (Å²) in [5, 5.41) is 0. The number of sulfonamides is 1. The predicted molar refractivity (Wildman–Crippen MR) is 115 cm³/mol. The van der Waals surface area contributed by atoms with Crippen molar-refractivity contribution in [2.75, 3.05) is 23.3 Å². The molecule has 7 heteroatoms. The topological polar surface area (TPSA) is 75.7 Å². The summed E-state index contributed by atoms with van der Waals surface area (Å²) in [4.78, 5) is 14.2. The molecule has 1 aliphatic rings. The van der Waals surface area contributed by atoms with Gasteiger partial charge in [0.1, 0.15) is 10.6 Å². The molecule has 0 fully saturated rings. The van der Waals surface area contributed by atoms with E-state index in [0.29, 0.717) is 30.8 Å². The van der Waals surface area contributed by atoms with Crippen LogP contribution in [-0.4, -0.2) is 28.0 Å². The number of fused-ring (bicyclic) bond motifs is 1. The maximum atomic E-state index is 13.0. The van der Waals surface area contributed by atoms with Crippen molar-refractivity contribution in [2.45, 2.75) is 50.8 Å². The van der Waals surface area contributed by atoms with E-state index in [9.17, 15) is 13.2 Å². The Labute approximate surface area is 172 Å². The maximum Gasteiger partial charge on any atom is 0.265 e. The molecule has 156 valence electrons. The van der Waals surface area contributed by atoms with Crippen LogP contribution in [0.3, 0.4) is 0 Å². The average molecular weight is 417 g/mol. The van der Waals surface area contributed by atoms with Crippen molar-refractivity contribution >= 4 is 27.3 Å². The molecule has 1 aliphatic heterocycles. The van der Waals surface area contributed by atoms with Gasteiger partial charge in [0.15, 0.2) is 0 Å². The summed E-state index contributed by atoms with van der Waals surface area (Å²) in [5.41, 5.74) is 3.26. The SMILES string of the molecule is CCCCN1C(=O)CCc2cc(NS(=O)(=O)c3cc(CC)ccc3OC)ccc21. The second-order valence-electron chi connectivity index (χ2n) is 7.19. The highest BCUT2D eigenvalue weighted by Crippen LogP contribution is 2.32. The Morgan fingerprint density at radius 1 is 1.10 bits per heavy atom. The molecule has 0 unspecified atom stereocenters. The average Bonchev–Trinajstić information content (AvgIpc) is 2.72. The van der Waals surface area contributed by atoms with Gasteiger partial charge >= 0.3 is 0 Å². The molecule has 0 aliphatic carbocycles. The first-order valence-corrected chi connectivity index (χ1v) is 11.5. The van der Waals surface area contributed by atoms with Gasteiger partial charge in [0.2, 0.25) is 5.91 Å². The largest absolute Gasteiger partial charge is 0.495 e. The molecular formula is C22H28N2O4S. The molecule has 0 saturated carbocycles. The number of hydrogen-bond acceptors (Lipinski definition) is 4. The molecule has 2 aromatic rings. The molecule has 2 aromatic carbocycles. The van der Waals surface area contributed by atoms with Crippen LogP contribution < -0.4 is 14.4 Å². The molecule has 1 heterocycles. The van der Waals surface area contributed by atoms with Crippen molar-refractivity contribution in [1.82, 2.24) is 0 Å². The van der Waals surface area contributed by atoms with Crippen molar-refractivity contribution in [2.24, 2.45) is 0 Å². The maximum absolute atomic E-state index is 13.0. The molecule has 29 heavy (non-hydrogen) atoms. The summed E-state index contributed by atoms with van der Waals surface area (Å²) >= 11 is 0. The van der Waals surface area contributed by atoms with Gasteiger partial charge in [-0.2, -0.15) is 0 Å². The van der Waals surface area contributed by atoms with Gasteiger partial charge in [-0.3, -0.25) is 9.52 Å². The van der Waals surface area contributed by atoms with Crippen LogP contribution in [0.5, 0.6) is 5.75 Å². The fourth-order valence-electron chi connectivity index (χ4n) is 3.55. The quantitative estimate of drug-likeness (QED) is 0.702. The second-order valence-corrected chi connectivity index (χ2v) is 8.84. The number of unbranched alkanes of at least 4 members (excludes halogenated alkanes) is 1. The first-order valence-electron chi connectivity index (χ1n) is 10.0. The zero-order valence-corrected chi connectivity index (χ0v) is 18.0. The minimum absolute atomic E-state index is 0.122. The fraction of sp³-hybridized carbons (Fsp3) is 0.409. The summed E-state index contributed by atoms with van der Waals surface area (Å²) in [7, 11) is -2.35. The normalized spacial score (nSPS) is 13.9. The van der Waals surface area contributed by atoms with Gasteiger partial charge in [0.05, 0.1) is 7.11 Å². The molecule has 0 radical (unpaired) electrons. The third kappa shape index (κ3) is 4.56. The van der Waals surface area contributed by atoms with E-state index >= 15 is 0 Å². The van der Waals surface area contributed by atoms with E-state index < -0.39 is 10.0 Å². The number of anilines is 2. The Hall–Kier alpha value is -2.54. The number of nitrogens with zero attached hydrogens (tertiary/aromatic N) is 1. The highest BCUT2D eigenvalue weighted by molar-refractivity contribution is 7.92. The number of nitrogens with one attached hydrogen (secondary N) is 1. The Kier molecular flexibility index (Phi) is 6.47. The van der Waals surface area contributed by atoms with Gasteiger partial charge in [-0.05, 0) is 60.7 Å². The molecule has 1 N–H and O–H groups in total. The monoisotopic (exact) mass is 416 g/mol. The molecule has 0 atom stereocenters. The van der Waals surface area contributed by atoms with Crippen molar-refractivity contribution in [3.63, 3.8) is 0 Å². The first-order chi connectivity index (χ1) is 13.9. The van der Waals surface area contributed by atoms with Crippen molar-refractivity contribution in [1.29, 1.82) is 0 Å². The number of amides is 1. The number of aryl methyl sites for hydroxylation is 2. The lowest BCUT2D eigenvalue weighted by Gasteiger charge is -2.30. The van der Waals surface area contributed by atoms with E-state index in [0.717, 1.165) is 36.1 Å². The lowest BCUT2D eigenvalue weighted by atomic mass is 10.00. The number of rotatable bonds is 8. The zero-order chi connectivity index (χ0) is 21.0. The highest BCUT2D eigenvalue weighted by Gasteiger charge is 2.25. The summed E-state index contributed by atoms with van der Waals surface area (Å²) in [6.07, 6.45) is 3.73. The molecule has 0 aromatic heterocycles. The smallest absolute Gasteiger partial charge is 0.265 e. The molecule has 1 amide bonds. The van der Waals surface area contributed by atoms with E-state index in [1.807, 2.05) is 30.0 Å². The van der Waals surface area contributed by atoms with Crippen LogP contribution in [0.1, 0.15) is 44.2 Å². The molecule has 0 spiro atoms. The standard InChI is InChI=1S/C22H28N2O4S/c1-4-6-13-24-19-10-9-18(15-17(19)8-12-22(24)25)23-29(26,27)21-14-16(5-2)7-11-20(21)28-3/h7,9-11,14-15,23H,4-6,8,12-13H2,1-3H3. The lowest BCUT2D eigenvalue weighted by molar-refractivity contribution is -0.118. The molecule has 0 bridgehead atoms. The van der Waals surface area contributed by atoms with Gasteiger partial charge in [-0.25, -0.2) is 8.42 Å². The summed E-state index contributed by atoms with van der Waals surface area (Å²) in [5.74, 6) is 0.435. The first kappa shape index (κ1) is 21.2. The molecule has 0 saturated heterocycles. The highest BCUT2D eigenvalue weighted by atomic mass is 32.2. The number of benzene rings is 2. The zero-order valence-electron chi connectivity index (χ0n) is 17.2. The van der Waals surface area contributed by atoms with Crippen molar-refractivity contribution in [3.05, 3.63) is 47.5 Å². The van der Waals surface area contributed by atoms with E-state index in [1.54, 1.807) is 18.2 Å². The number of carbonyl (C=O) groups excluding carboxylic acids is 1. The van der Waals surface area contributed by atoms with Crippen molar-refractivity contribution < 1.29 is 17.9 Å². The molecule has 6 nitrogen and oxygen atoms in total. The van der Waals surface area contributed by atoms with E-state index in [1.165, 1.54) is 7.11 Å². The third-order valence-corrected chi connectivity index (χ3v) is 6.60. The van der Waals surface area contributed by atoms with Gasteiger partial charge in [0, 0.05) is 24.3 Å². The summed E-state index contributed by atoms with van der Waals surface area (Å²) in [6.45, 7) is 4.75. The number of ether oxygens (including phenoxy) is 1. The van der Waals surface area contributed by atoms with Gasteiger partial charge in [-0.1, -0.05) is 26.3 Å². The minimum Gasteiger partial charge on any atom is -0.495 e. The van der Waals surface area contributed by atoms with Crippen LogP contribution in [0.25, 0.3) is 0 Å². The predicted octanol–water partition coefficient (Wildman–Crippen LogP) is 4.14. The Morgan fingerprint density at radius 2 is 1.90 bits per heavy atom. The number of hydrogen-bond donors (Lipinski definition) is 1. The second kappa shape index (κ2) is 8.86. The number of methoxy groups -OCH3 is 1. The van der Waals surface area contributed by atoms with E-state index in [-0.39, 0.29) is 10.8 Å². The Balaban J connectivity index is 1.90. The van der Waals surface area contributed by atoms with Crippen LogP contribution in [-0.2, 0) is 27.7 Å². The Bertz CT molecular complexity index is 1000. The fourth-order valence-corrected chi connectivity index (χ4v) is 4.82. The Morgan fingerprint density at radius 3 is 2.59 bits per heavy atom. The van der Waals surface area contributed by atoms with Crippen LogP contribution >= 0.6 is 0 Å². The van der Waals surface area contributed by atoms with Crippen LogP contribution in [0, 0.1) is 0 Å². The van der Waals surface area contributed by atoms with Crippen LogP contribution in [0.2, 0.25) is 0 Å². The lowest BCUT2D eigenvalue weighted by Crippen LogP contribution is -2.35. The van der Waals surface area contributed by atoms with Gasteiger partial charge in [-0.15, -0.1) is 0 Å². The molecular weight excluding hydrogens is 388 g/mol. The van der Waals surface area contributed by atoms with Gasteiger partial charge < -0.3 is 9.64 Å². The summed E-state index contributed by atoms with van der Waals surface area (Å²) < 4.78 is 34.0. The molecule has 3 rings (SSSR count). The minimum atomic E-state index is -3.81. The van der Waals surface area contributed by atoms with E-state index in [2.05, 4.69) is 11.6 Å². The van der Waals surface area contributed by atoms with E-state index in [4.69, 9.17) is 4.74 Å². The van der Waals surface area contributed by atoms with Gasteiger partial charge in [0.25, 0.3) is 10.0 Å². The van der Waals surface area contributed by atoms with Crippen LogP contribution in [0.4, 0.5) is 11.4 Å². The van der Waals surface area contributed by atoms with Crippen LogP contribution in [0.15, 0.2) is 41.3 Å². The van der Waals surface area contributed by atoms with Crippen molar-refractivity contribution in [3.8, 4) is 5.75 Å². The summed E-state index contributed by atoms with van der Waals surface area (Å²) in [6, 6.07) is 10.6.